The molecule has 0 spiro atoms. The Hall–Kier alpha value is -2.09. The Morgan fingerprint density at radius 2 is 2.04 bits per heavy atom. The van der Waals surface area contributed by atoms with Crippen LogP contribution in [0.3, 0.4) is 0 Å². The van der Waals surface area contributed by atoms with Gasteiger partial charge in [0.15, 0.2) is 17.2 Å². The van der Waals surface area contributed by atoms with Gasteiger partial charge in [0.25, 0.3) is 0 Å². The number of halogens is 4. The van der Waals surface area contributed by atoms with Crippen molar-refractivity contribution in [3.05, 3.63) is 35.2 Å². The maximum atomic E-state index is 14.0. The summed E-state index contributed by atoms with van der Waals surface area (Å²) in [5.74, 6) is -2.04. The van der Waals surface area contributed by atoms with E-state index in [4.69, 9.17) is 9.47 Å². The molecule has 4 nitrogen and oxygen atoms in total. The minimum atomic E-state index is -5.05. The number of esters is 1. The standard InChI is InChI=1S/C17H18F4O4/c1-4-10-13(25-9(2)22)8-16(23,17(19,20)21)14(10)11-6-5-7-12(18)15(11)24-3/h5-7,13,23H,4,8H2,1-3H3. The maximum absolute atomic E-state index is 14.0. The lowest BCUT2D eigenvalue weighted by molar-refractivity contribution is -0.238. The van der Waals surface area contributed by atoms with E-state index in [0.29, 0.717) is 0 Å². The largest absolute Gasteiger partial charge is 0.493 e. The summed E-state index contributed by atoms with van der Waals surface area (Å²) >= 11 is 0. The van der Waals surface area contributed by atoms with Crippen LogP contribution in [0.4, 0.5) is 17.6 Å². The third-order valence-corrected chi connectivity index (χ3v) is 4.20. The summed E-state index contributed by atoms with van der Waals surface area (Å²) in [6, 6.07) is 3.50. The van der Waals surface area contributed by atoms with Crippen LogP contribution < -0.4 is 4.74 Å². The zero-order chi connectivity index (χ0) is 19.0. The average Bonchev–Trinajstić information content (AvgIpc) is 2.78. The molecular weight excluding hydrogens is 344 g/mol. The Balaban J connectivity index is 2.77. The topological polar surface area (TPSA) is 55.8 Å². The van der Waals surface area contributed by atoms with Gasteiger partial charge in [-0.25, -0.2) is 4.39 Å². The summed E-state index contributed by atoms with van der Waals surface area (Å²) in [4.78, 5) is 11.2. The molecule has 1 aliphatic carbocycles. The summed E-state index contributed by atoms with van der Waals surface area (Å²) < 4.78 is 64.9. The van der Waals surface area contributed by atoms with Crippen molar-refractivity contribution >= 4 is 11.5 Å². The first-order valence-electron chi connectivity index (χ1n) is 7.59. The van der Waals surface area contributed by atoms with E-state index < -0.39 is 47.4 Å². The second kappa shape index (κ2) is 6.67. The number of benzene rings is 1. The predicted octanol–water partition coefficient (Wildman–Crippen LogP) is 3.63. The van der Waals surface area contributed by atoms with Crippen LogP contribution in [0.1, 0.15) is 32.3 Å². The van der Waals surface area contributed by atoms with Crippen molar-refractivity contribution in [2.75, 3.05) is 7.11 Å². The molecule has 1 N–H and O–H groups in total. The van der Waals surface area contributed by atoms with Crippen molar-refractivity contribution in [1.82, 2.24) is 0 Å². The van der Waals surface area contributed by atoms with E-state index in [2.05, 4.69) is 0 Å². The number of hydrogen-bond donors (Lipinski definition) is 1. The molecule has 0 aromatic heterocycles. The Bertz CT molecular complexity index is 711. The first-order chi connectivity index (χ1) is 11.6. The normalized spacial score (nSPS) is 23.8. The zero-order valence-corrected chi connectivity index (χ0v) is 13.9. The molecule has 8 heteroatoms. The zero-order valence-electron chi connectivity index (χ0n) is 13.9. The van der Waals surface area contributed by atoms with Crippen LogP contribution in [0, 0.1) is 5.82 Å². The fourth-order valence-corrected chi connectivity index (χ4v) is 3.20. The Labute approximate surface area is 142 Å². The molecule has 2 atom stereocenters. The first kappa shape index (κ1) is 19.2. The third kappa shape index (κ3) is 3.22. The Kier molecular flexibility index (Phi) is 5.13. The lowest BCUT2D eigenvalue weighted by Gasteiger charge is -2.30. The van der Waals surface area contributed by atoms with E-state index in [-0.39, 0.29) is 17.6 Å². The molecule has 0 bridgehead atoms. The number of rotatable bonds is 4. The molecule has 1 aliphatic rings. The van der Waals surface area contributed by atoms with Gasteiger partial charge in [-0.1, -0.05) is 19.1 Å². The van der Waals surface area contributed by atoms with Crippen LogP contribution in [0.15, 0.2) is 23.8 Å². The molecule has 1 aromatic carbocycles. The number of carbonyl (C=O) groups is 1. The monoisotopic (exact) mass is 362 g/mol. The Morgan fingerprint density at radius 1 is 1.40 bits per heavy atom. The molecular formula is C17H18F4O4. The van der Waals surface area contributed by atoms with Crippen molar-refractivity contribution in [1.29, 1.82) is 0 Å². The van der Waals surface area contributed by atoms with E-state index in [1.165, 1.54) is 12.1 Å². The lowest BCUT2D eigenvalue weighted by Crippen LogP contribution is -2.45. The molecule has 25 heavy (non-hydrogen) atoms. The lowest BCUT2D eigenvalue weighted by atomic mass is 9.87. The van der Waals surface area contributed by atoms with Gasteiger partial charge in [-0.2, -0.15) is 13.2 Å². The summed E-state index contributed by atoms with van der Waals surface area (Å²) in [6.07, 6.45) is -7.11. The summed E-state index contributed by atoms with van der Waals surface area (Å²) in [5.41, 5.74) is -3.93. The van der Waals surface area contributed by atoms with Crippen LogP contribution in [-0.4, -0.2) is 36.1 Å². The van der Waals surface area contributed by atoms with Crippen LogP contribution in [-0.2, 0) is 9.53 Å². The molecule has 0 aliphatic heterocycles. The quantitative estimate of drug-likeness (QED) is 0.657. The number of alkyl halides is 3. The minimum Gasteiger partial charge on any atom is -0.493 e. The van der Waals surface area contributed by atoms with E-state index in [0.717, 1.165) is 20.1 Å². The first-order valence-corrected chi connectivity index (χ1v) is 7.59. The summed E-state index contributed by atoms with van der Waals surface area (Å²) in [7, 11) is 1.12. The number of para-hydroxylation sites is 1. The smallest absolute Gasteiger partial charge is 0.421 e. The van der Waals surface area contributed by atoms with Gasteiger partial charge in [0, 0.05) is 24.5 Å². The fraction of sp³-hybridized carbons (Fsp3) is 0.471. The highest BCUT2D eigenvalue weighted by Crippen LogP contribution is 2.54. The SMILES string of the molecule is CCC1=C(c2cccc(F)c2OC)C(O)(C(F)(F)F)CC1OC(C)=O. The van der Waals surface area contributed by atoms with E-state index >= 15 is 0 Å². The number of carbonyl (C=O) groups excluding carboxylic acids is 1. The molecule has 2 unspecified atom stereocenters. The fourth-order valence-electron chi connectivity index (χ4n) is 3.20. The predicted molar refractivity (Wildman–Crippen MR) is 81.3 cm³/mol. The van der Waals surface area contributed by atoms with E-state index in [1.807, 2.05) is 0 Å². The van der Waals surface area contributed by atoms with Gasteiger partial charge in [0.1, 0.15) is 6.10 Å². The van der Waals surface area contributed by atoms with Crippen molar-refractivity contribution in [2.45, 2.75) is 44.6 Å². The molecule has 1 aromatic rings. The van der Waals surface area contributed by atoms with Gasteiger partial charge >= 0.3 is 12.1 Å². The highest BCUT2D eigenvalue weighted by atomic mass is 19.4. The highest BCUT2D eigenvalue weighted by molar-refractivity contribution is 5.83. The van der Waals surface area contributed by atoms with Crippen LogP contribution in [0.25, 0.3) is 5.57 Å². The number of hydrogen-bond acceptors (Lipinski definition) is 4. The number of methoxy groups -OCH3 is 1. The van der Waals surface area contributed by atoms with Crippen molar-refractivity contribution in [3.63, 3.8) is 0 Å². The van der Waals surface area contributed by atoms with Gasteiger partial charge in [0.05, 0.1) is 7.11 Å². The van der Waals surface area contributed by atoms with Gasteiger partial charge < -0.3 is 14.6 Å². The molecule has 0 fully saturated rings. The molecule has 0 radical (unpaired) electrons. The van der Waals surface area contributed by atoms with Gasteiger partial charge in [-0.15, -0.1) is 0 Å². The van der Waals surface area contributed by atoms with Crippen molar-refractivity contribution < 1.29 is 36.9 Å². The van der Waals surface area contributed by atoms with Crippen molar-refractivity contribution in [2.24, 2.45) is 0 Å². The summed E-state index contributed by atoms with van der Waals surface area (Å²) in [6.45, 7) is 2.64. The highest BCUT2D eigenvalue weighted by Gasteiger charge is 2.62. The average molecular weight is 362 g/mol. The molecule has 0 saturated carbocycles. The van der Waals surface area contributed by atoms with Gasteiger partial charge in [-0.05, 0) is 18.1 Å². The molecule has 0 heterocycles. The van der Waals surface area contributed by atoms with Gasteiger partial charge in [0.2, 0.25) is 0 Å². The number of ether oxygens (including phenoxy) is 2. The van der Waals surface area contributed by atoms with Crippen LogP contribution in [0.2, 0.25) is 0 Å². The second-order valence-electron chi connectivity index (χ2n) is 5.73. The maximum Gasteiger partial charge on any atom is 0.421 e. The van der Waals surface area contributed by atoms with E-state index in [1.54, 1.807) is 6.92 Å². The molecule has 0 saturated heterocycles. The molecule has 138 valence electrons. The molecule has 0 amide bonds. The molecule has 2 rings (SSSR count). The summed E-state index contributed by atoms with van der Waals surface area (Å²) in [5, 5.41) is 10.5. The van der Waals surface area contributed by atoms with Crippen LogP contribution in [0.5, 0.6) is 5.75 Å². The Morgan fingerprint density at radius 3 is 2.52 bits per heavy atom. The minimum absolute atomic E-state index is 0.0747. The third-order valence-electron chi connectivity index (χ3n) is 4.20. The second-order valence-corrected chi connectivity index (χ2v) is 5.73. The van der Waals surface area contributed by atoms with Gasteiger partial charge in [-0.3, -0.25) is 4.79 Å². The van der Waals surface area contributed by atoms with Crippen LogP contribution >= 0.6 is 0 Å². The van der Waals surface area contributed by atoms with Crippen molar-refractivity contribution in [3.8, 4) is 5.75 Å². The van der Waals surface area contributed by atoms with E-state index in [9.17, 15) is 27.5 Å². The number of aliphatic hydroxyl groups is 1.